The second-order valence-corrected chi connectivity index (χ2v) is 4.66. The molecule has 1 heterocycles. The predicted molar refractivity (Wildman–Crippen MR) is 58.7 cm³/mol. The van der Waals surface area contributed by atoms with Crippen molar-refractivity contribution in [2.75, 3.05) is 32.7 Å². The summed E-state index contributed by atoms with van der Waals surface area (Å²) in [5.41, 5.74) is 0. The third-order valence-electron chi connectivity index (χ3n) is 2.98. The summed E-state index contributed by atoms with van der Waals surface area (Å²) in [6.07, 6.45) is -1.74. The Morgan fingerprint density at radius 3 is 2.71 bits per heavy atom. The Morgan fingerprint density at radius 2 is 2.12 bits per heavy atom. The van der Waals surface area contributed by atoms with Gasteiger partial charge in [-0.1, -0.05) is 6.92 Å². The third kappa shape index (κ3) is 4.79. The van der Waals surface area contributed by atoms with E-state index in [9.17, 15) is 17.6 Å². The first kappa shape index (κ1) is 14.7. The van der Waals surface area contributed by atoms with E-state index in [4.69, 9.17) is 0 Å². The molecule has 1 fully saturated rings. The number of nitrogens with zero attached hydrogens (tertiary/aromatic N) is 1. The molecule has 1 aliphatic rings. The summed E-state index contributed by atoms with van der Waals surface area (Å²) in [5.74, 6) is -3.58. The fourth-order valence-electron chi connectivity index (χ4n) is 2.07. The Labute approximate surface area is 99.4 Å². The van der Waals surface area contributed by atoms with Gasteiger partial charge in [-0.3, -0.25) is 4.90 Å². The van der Waals surface area contributed by atoms with Crippen molar-refractivity contribution in [1.82, 2.24) is 10.2 Å². The van der Waals surface area contributed by atoms with Gasteiger partial charge in [0.15, 0.2) is 0 Å². The van der Waals surface area contributed by atoms with Gasteiger partial charge in [0.2, 0.25) is 0 Å². The fourth-order valence-corrected chi connectivity index (χ4v) is 2.07. The van der Waals surface area contributed by atoms with E-state index in [0.29, 0.717) is 19.0 Å². The molecule has 102 valence electrons. The second-order valence-electron chi connectivity index (χ2n) is 4.66. The summed E-state index contributed by atoms with van der Waals surface area (Å²) in [6.45, 7) is 3.89. The van der Waals surface area contributed by atoms with Crippen LogP contribution in [0.25, 0.3) is 0 Å². The molecule has 1 saturated heterocycles. The summed E-state index contributed by atoms with van der Waals surface area (Å²) < 4.78 is 49.7. The molecule has 6 heteroatoms. The summed E-state index contributed by atoms with van der Waals surface area (Å²) in [6, 6.07) is 0. The lowest BCUT2D eigenvalue weighted by molar-refractivity contribution is -0.140. The molecule has 1 N–H and O–H groups in total. The highest BCUT2D eigenvalue weighted by molar-refractivity contribution is 4.82. The van der Waals surface area contributed by atoms with Crippen molar-refractivity contribution in [3.63, 3.8) is 0 Å². The van der Waals surface area contributed by atoms with Crippen molar-refractivity contribution in [1.29, 1.82) is 0 Å². The molecular formula is C11H20F4N2. The van der Waals surface area contributed by atoms with Crippen molar-refractivity contribution in [3.05, 3.63) is 0 Å². The Morgan fingerprint density at radius 1 is 1.41 bits per heavy atom. The van der Waals surface area contributed by atoms with E-state index in [0.717, 1.165) is 25.9 Å². The average molecular weight is 256 g/mol. The molecule has 0 aromatic heterocycles. The number of likely N-dealkylation sites (tertiary alicyclic amines) is 1. The lowest BCUT2D eigenvalue weighted by Gasteiger charge is -2.22. The maximum Gasteiger partial charge on any atom is 0.319 e. The maximum absolute atomic E-state index is 12.8. The van der Waals surface area contributed by atoms with Crippen LogP contribution in [0.2, 0.25) is 0 Å². The van der Waals surface area contributed by atoms with E-state index < -0.39 is 18.9 Å². The second kappa shape index (κ2) is 6.54. The molecular weight excluding hydrogens is 236 g/mol. The molecule has 0 spiro atoms. The highest BCUT2D eigenvalue weighted by atomic mass is 19.3. The zero-order valence-corrected chi connectivity index (χ0v) is 10.1. The van der Waals surface area contributed by atoms with E-state index in [2.05, 4.69) is 12.2 Å². The maximum atomic E-state index is 12.8. The number of hydrogen-bond donors (Lipinski definition) is 1. The van der Waals surface area contributed by atoms with Gasteiger partial charge in [0.25, 0.3) is 0 Å². The van der Waals surface area contributed by atoms with Crippen LogP contribution in [-0.4, -0.2) is 50.0 Å². The third-order valence-corrected chi connectivity index (χ3v) is 2.98. The van der Waals surface area contributed by atoms with Gasteiger partial charge in [0, 0.05) is 6.54 Å². The monoisotopic (exact) mass is 256 g/mol. The first-order valence-corrected chi connectivity index (χ1v) is 6.04. The summed E-state index contributed by atoms with van der Waals surface area (Å²) >= 11 is 0. The van der Waals surface area contributed by atoms with Crippen LogP contribution >= 0.6 is 0 Å². The van der Waals surface area contributed by atoms with E-state index in [1.165, 1.54) is 4.90 Å². The van der Waals surface area contributed by atoms with Gasteiger partial charge < -0.3 is 5.32 Å². The van der Waals surface area contributed by atoms with Crippen LogP contribution in [0, 0.1) is 5.92 Å². The van der Waals surface area contributed by atoms with Crippen LogP contribution in [0.1, 0.15) is 19.8 Å². The van der Waals surface area contributed by atoms with Gasteiger partial charge in [0.05, 0.1) is 6.54 Å². The molecule has 2 nitrogen and oxygen atoms in total. The quantitative estimate of drug-likeness (QED) is 0.555. The highest BCUT2D eigenvalue weighted by Gasteiger charge is 2.43. The number of halogens is 4. The zero-order chi connectivity index (χ0) is 12.9. The molecule has 17 heavy (non-hydrogen) atoms. The van der Waals surface area contributed by atoms with Crippen molar-refractivity contribution < 1.29 is 17.6 Å². The topological polar surface area (TPSA) is 15.3 Å². The molecule has 0 aromatic rings. The van der Waals surface area contributed by atoms with Gasteiger partial charge in [-0.2, -0.15) is 8.78 Å². The molecule has 1 atom stereocenters. The highest BCUT2D eigenvalue weighted by Crippen LogP contribution is 2.26. The summed E-state index contributed by atoms with van der Waals surface area (Å²) in [4.78, 5) is 1.43. The molecule has 0 aromatic carbocycles. The molecule has 0 aliphatic carbocycles. The SMILES string of the molecule is CCCNCC1CCN(CC(F)(F)C(F)F)C1. The van der Waals surface area contributed by atoms with Crippen LogP contribution < -0.4 is 5.32 Å². The van der Waals surface area contributed by atoms with Crippen LogP contribution in [-0.2, 0) is 0 Å². The van der Waals surface area contributed by atoms with Crippen molar-refractivity contribution in [2.24, 2.45) is 5.92 Å². The van der Waals surface area contributed by atoms with Crippen molar-refractivity contribution >= 4 is 0 Å². The summed E-state index contributed by atoms with van der Waals surface area (Å²) in [7, 11) is 0. The molecule has 1 aliphatic heterocycles. The van der Waals surface area contributed by atoms with E-state index >= 15 is 0 Å². The Balaban J connectivity index is 2.26. The Bertz CT molecular complexity index is 224. The van der Waals surface area contributed by atoms with Crippen molar-refractivity contribution in [2.45, 2.75) is 32.1 Å². The van der Waals surface area contributed by atoms with E-state index in [1.807, 2.05) is 0 Å². The van der Waals surface area contributed by atoms with Gasteiger partial charge in [0.1, 0.15) is 0 Å². The van der Waals surface area contributed by atoms with E-state index in [-0.39, 0.29) is 0 Å². The Kier molecular flexibility index (Phi) is 5.66. The smallest absolute Gasteiger partial charge is 0.316 e. The normalized spacial score (nSPS) is 22.6. The Hall–Kier alpha value is -0.360. The van der Waals surface area contributed by atoms with Crippen molar-refractivity contribution in [3.8, 4) is 0 Å². The van der Waals surface area contributed by atoms with Gasteiger partial charge in [-0.05, 0) is 38.4 Å². The lowest BCUT2D eigenvalue weighted by Crippen LogP contribution is -2.41. The largest absolute Gasteiger partial charge is 0.319 e. The number of hydrogen-bond acceptors (Lipinski definition) is 2. The predicted octanol–water partition coefficient (Wildman–Crippen LogP) is 2.21. The van der Waals surface area contributed by atoms with Gasteiger partial charge in [-0.25, -0.2) is 8.78 Å². The van der Waals surface area contributed by atoms with Crippen LogP contribution in [0.4, 0.5) is 17.6 Å². The van der Waals surface area contributed by atoms with Crippen LogP contribution in [0.5, 0.6) is 0 Å². The molecule has 0 bridgehead atoms. The molecule has 1 unspecified atom stereocenters. The first-order chi connectivity index (χ1) is 7.95. The van der Waals surface area contributed by atoms with Gasteiger partial charge in [-0.15, -0.1) is 0 Å². The molecule has 1 rings (SSSR count). The van der Waals surface area contributed by atoms with Crippen LogP contribution in [0.3, 0.4) is 0 Å². The average Bonchev–Trinajstić information content (AvgIpc) is 2.65. The number of nitrogens with one attached hydrogen (secondary N) is 1. The minimum absolute atomic E-state index is 0.301. The molecule has 0 amide bonds. The zero-order valence-electron chi connectivity index (χ0n) is 10.1. The van der Waals surface area contributed by atoms with Crippen LogP contribution in [0.15, 0.2) is 0 Å². The number of rotatable bonds is 7. The van der Waals surface area contributed by atoms with E-state index in [1.54, 1.807) is 0 Å². The first-order valence-electron chi connectivity index (χ1n) is 6.04. The summed E-state index contributed by atoms with van der Waals surface area (Å²) in [5, 5.41) is 3.22. The van der Waals surface area contributed by atoms with Gasteiger partial charge >= 0.3 is 12.3 Å². The standard InChI is InChI=1S/C11H20F4N2/c1-2-4-16-6-9-3-5-17(7-9)8-11(14,15)10(12)13/h9-10,16H,2-8H2,1H3. The minimum Gasteiger partial charge on any atom is -0.316 e. The minimum atomic E-state index is -3.88. The molecule has 0 saturated carbocycles. The molecule has 0 radical (unpaired) electrons. The fraction of sp³-hybridized carbons (Fsp3) is 1.00. The number of alkyl halides is 4. The lowest BCUT2D eigenvalue weighted by atomic mass is 10.1.